The minimum atomic E-state index is -4.59. The van der Waals surface area contributed by atoms with Crippen molar-refractivity contribution in [2.45, 2.75) is 34.6 Å². The molecule has 0 radical (unpaired) electrons. The predicted octanol–water partition coefficient (Wildman–Crippen LogP) is -2.21. The predicted molar refractivity (Wildman–Crippen MR) is 112 cm³/mol. The summed E-state index contributed by atoms with van der Waals surface area (Å²) in [5.74, 6) is -0.194. The summed E-state index contributed by atoms with van der Waals surface area (Å²) in [4.78, 5) is 35.5. The maximum Gasteiger partial charge on any atom is 1.00 e. The molecular formula is C16H17BN5O9PS. The smallest absolute Gasteiger partial charge is 0.756 e. The number of aliphatic hydroxyl groups is 1. The number of aromatic amines is 1. The lowest BCUT2D eigenvalue weighted by atomic mass is 9.81. The molecule has 6 N–H and O–H groups in total. The van der Waals surface area contributed by atoms with Crippen molar-refractivity contribution >= 4 is 49.3 Å². The first-order valence-corrected chi connectivity index (χ1v) is 11.8. The molecule has 5 rings (SSSR count). The van der Waals surface area contributed by atoms with Crippen LogP contribution in [0.15, 0.2) is 39.1 Å². The number of imidazole rings is 1. The summed E-state index contributed by atoms with van der Waals surface area (Å²) < 4.78 is 28.4. The van der Waals surface area contributed by atoms with Crippen LogP contribution in [0.1, 0.15) is 7.65 Å². The lowest BCUT2D eigenvalue weighted by Crippen LogP contribution is -2.41. The van der Waals surface area contributed by atoms with E-state index in [-0.39, 0.29) is 35.8 Å². The summed E-state index contributed by atoms with van der Waals surface area (Å²) in [6.07, 6.45) is -4.82. The van der Waals surface area contributed by atoms with Gasteiger partial charge in [0.25, 0.3) is 13.4 Å². The van der Waals surface area contributed by atoms with Crippen LogP contribution in [0.5, 0.6) is 0 Å². The van der Waals surface area contributed by atoms with Gasteiger partial charge in [0, 0.05) is 4.90 Å². The second-order valence-corrected chi connectivity index (χ2v) is 9.71. The molecule has 0 saturated carbocycles. The molecule has 1 aromatic carbocycles. The highest BCUT2D eigenvalue weighted by molar-refractivity contribution is 7.99. The Hall–Kier alpha value is -2.27. The second kappa shape index (κ2) is 8.20. The molecule has 4 heterocycles. The van der Waals surface area contributed by atoms with Crippen molar-refractivity contribution in [1.82, 2.24) is 19.5 Å². The molecule has 174 valence electrons. The van der Waals surface area contributed by atoms with Crippen LogP contribution in [0.25, 0.3) is 11.2 Å². The molecule has 3 aromatic rings. The molecule has 2 fully saturated rings. The number of aliphatic hydroxyl groups excluding tert-OH is 1. The lowest BCUT2D eigenvalue weighted by Gasteiger charge is -2.34. The van der Waals surface area contributed by atoms with Crippen molar-refractivity contribution in [3.05, 3.63) is 34.6 Å². The lowest BCUT2D eigenvalue weighted by molar-refractivity contribution is -0.245. The minimum Gasteiger partial charge on any atom is -0.756 e. The van der Waals surface area contributed by atoms with Crippen molar-refractivity contribution in [1.29, 1.82) is 0 Å². The van der Waals surface area contributed by atoms with E-state index in [2.05, 4.69) is 19.5 Å². The normalized spacial score (nSPS) is 29.3. The highest BCUT2D eigenvalue weighted by atomic mass is 32.2. The maximum atomic E-state index is 12.4. The number of nitrogen functional groups attached to an aromatic ring is 1. The van der Waals surface area contributed by atoms with Gasteiger partial charge in [0.15, 0.2) is 22.5 Å². The number of phosphoric ester groups is 1. The van der Waals surface area contributed by atoms with E-state index in [0.29, 0.717) is 4.90 Å². The molecule has 2 aromatic heterocycles. The van der Waals surface area contributed by atoms with Crippen molar-refractivity contribution in [2.75, 3.05) is 12.3 Å². The fourth-order valence-corrected chi connectivity index (χ4v) is 5.49. The molecule has 14 nitrogen and oxygen atoms in total. The summed E-state index contributed by atoms with van der Waals surface area (Å²) in [7, 11) is -6.23. The summed E-state index contributed by atoms with van der Waals surface area (Å²) in [6.45, 7) is -0.352. The minimum absolute atomic E-state index is 0. The average Bonchev–Trinajstić information content (AvgIpc) is 3.25. The van der Waals surface area contributed by atoms with E-state index in [9.17, 15) is 29.4 Å². The topological polar surface area (TPSA) is 218 Å². The van der Waals surface area contributed by atoms with E-state index in [0.717, 1.165) is 11.8 Å². The molecule has 5 atom stereocenters. The standard InChI is InChI=1S/C16H17BN5O9PS/c18-15-20-12-9(13(24)21-15)19-16(33-7-3-1-6(2-4-7)17(25)26)22(12)14-10(23)11-8(30-14)5-29-32(27,28)31-11/h1-4,8,10-11,14,23,25-26H,5H2,(H,27,28)(H3,18,20,21,24)/t8?,10?,11-,14-/m1/s1. The molecule has 2 aliphatic heterocycles. The van der Waals surface area contributed by atoms with Gasteiger partial charge in [-0.15, -0.1) is 0 Å². The van der Waals surface area contributed by atoms with E-state index in [1.54, 1.807) is 12.1 Å². The first-order valence-electron chi connectivity index (χ1n) is 9.52. The second-order valence-electron chi connectivity index (χ2n) is 7.30. The zero-order valence-electron chi connectivity index (χ0n) is 17.5. The van der Waals surface area contributed by atoms with Crippen LogP contribution in [0.3, 0.4) is 0 Å². The van der Waals surface area contributed by atoms with Gasteiger partial charge in [-0.05, 0) is 17.6 Å². The molecule has 0 aliphatic carbocycles. The molecule has 0 amide bonds. The van der Waals surface area contributed by atoms with Gasteiger partial charge in [-0.25, -0.2) is 4.98 Å². The van der Waals surface area contributed by atoms with Crippen LogP contribution < -0.4 is 21.6 Å². The van der Waals surface area contributed by atoms with Crippen LogP contribution in [0, 0.1) is 0 Å². The monoisotopic (exact) mass is 497 g/mol. The number of nitrogens with one attached hydrogen (secondary N) is 1. The third-order valence-electron chi connectivity index (χ3n) is 5.14. The molecule has 2 aliphatic rings. The van der Waals surface area contributed by atoms with Crippen molar-refractivity contribution < 1.29 is 39.8 Å². The van der Waals surface area contributed by atoms with Crippen molar-refractivity contribution in [2.24, 2.45) is 0 Å². The Labute approximate surface area is 190 Å². The zero-order chi connectivity index (χ0) is 23.5. The largest absolute Gasteiger partial charge is 1.00 e. The number of phosphoric acid groups is 1. The molecule has 3 unspecified atom stereocenters. The fraction of sp³-hybridized carbons (Fsp3) is 0.312. The highest BCUT2D eigenvalue weighted by Crippen LogP contribution is 2.50. The molecule has 0 spiro atoms. The summed E-state index contributed by atoms with van der Waals surface area (Å²) in [5, 5.41) is 29.6. The number of nitrogens with zero attached hydrogens (tertiary/aromatic N) is 3. The van der Waals surface area contributed by atoms with Crippen molar-refractivity contribution in [3.8, 4) is 0 Å². The summed E-state index contributed by atoms with van der Waals surface area (Å²) in [6, 6.07) is 6.20. The zero-order valence-corrected chi connectivity index (χ0v) is 18.2. The number of H-pyrrole nitrogens is 1. The Bertz CT molecular complexity index is 1320. The first-order chi connectivity index (χ1) is 15.6. The Balaban J connectivity index is 0.00000274. The Morgan fingerprint density at radius 2 is 2.06 bits per heavy atom. The summed E-state index contributed by atoms with van der Waals surface area (Å²) >= 11 is 1.07. The summed E-state index contributed by atoms with van der Waals surface area (Å²) in [5.41, 5.74) is 5.28. The molecule has 0 bridgehead atoms. The van der Waals surface area contributed by atoms with E-state index < -0.39 is 45.0 Å². The van der Waals surface area contributed by atoms with Gasteiger partial charge < -0.3 is 39.6 Å². The van der Waals surface area contributed by atoms with Crippen LogP contribution >= 0.6 is 19.6 Å². The molecule has 2 saturated heterocycles. The van der Waals surface area contributed by atoms with E-state index in [4.69, 9.17) is 15.0 Å². The Morgan fingerprint density at radius 1 is 1.33 bits per heavy atom. The quantitative estimate of drug-likeness (QED) is 0.191. The number of anilines is 1. The van der Waals surface area contributed by atoms with Crippen LogP contribution in [0.2, 0.25) is 0 Å². The van der Waals surface area contributed by atoms with E-state index in [1.807, 2.05) is 0 Å². The van der Waals surface area contributed by atoms with E-state index in [1.165, 1.54) is 16.7 Å². The van der Waals surface area contributed by atoms with Gasteiger partial charge >= 0.3 is 8.55 Å². The molecule has 17 heteroatoms. The number of ether oxygens (including phenoxy) is 1. The number of hydrogen-bond acceptors (Lipinski definition) is 13. The number of nitrogens with two attached hydrogens (primary N) is 1. The number of fused-ring (bicyclic) bond motifs is 2. The number of hydrogen-bond donors (Lipinski definition) is 5. The molecular weight excluding hydrogens is 480 g/mol. The van der Waals surface area contributed by atoms with Gasteiger partial charge in [0.2, 0.25) is 5.95 Å². The van der Waals surface area contributed by atoms with Gasteiger partial charge in [-0.1, -0.05) is 23.9 Å². The third-order valence-corrected chi connectivity index (χ3v) is 7.08. The van der Waals surface area contributed by atoms with Crippen LogP contribution in [0.4, 0.5) is 5.95 Å². The maximum absolute atomic E-state index is 12.4. The Morgan fingerprint density at radius 3 is 2.76 bits per heavy atom. The third kappa shape index (κ3) is 4.10. The number of aromatic nitrogens is 4. The number of benzene rings is 1. The SMILES string of the molecule is Nc1nc2c(nc(Sc3ccc(B(O)O)cc3)n2[C@@H]2OC3COP(=O)([O-])O[C@H]3C2O)c(=O)[nH]1.[H+]. The average molecular weight is 497 g/mol. The molecule has 33 heavy (non-hydrogen) atoms. The first kappa shape index (κ1) is 22.5. The van der Waals surface area contributed by atoms with Gasteiger partial charge in [-0.3, -0.25) is 18.9 Å². The van der Waals surface area contributed by atoms with Crippen LogP contribution in [-0.4, -0.2) is 66.7 Å². The van der Waals surface area contributed by atoms with Crippen molar-refractivity contribution in [3.63, 3.8) is 0 Å². The van der Waals surface area contributed by atoms with E-state index >= 15 is 0 Å². The van der Waals surface area contributed by atoms with Gasteiger partial charge in [0.1, 0.15) is 18.3 Å². The highest BCUT2D eigenvalue weighted by Gasteiger charge is 2.51. The van der Waals surface area contributed by atoms with Gasteiger partial charge in [0.05, 0.1) is 6.61 Å². The Kier molecular flexibility index (Phi) is 5.59. The van der Waals surface area contributed by atoms with Crippen LogP contribution in [-0.2, 0) is 18.3 Å². The number of rotatable bonds is 4. The van der Waals surface area contributed by atoms with Gasteiger partial charge in [-0.2, -0.15) is 4.98 Å². The fourth-order valence-electron chi connectivity index (χ4n) is 3.64.